The summed E-state index contributed by atoms with van der Waals surface area (Å²) in [7, 11) is 3.17. The quantitative estimate of drug-likeness (QED) is 0.852. The van der Waals surface area contributed by atoms with Crippen molar-refractivity contribution in [2.45, 2.75) is 13.3 Å². The normalized spacial score (nSPS) is 10.0. The highest BCUT2D eigenvalue weighted by Crippen LogP contribution is 2.30. The molecule has 0 aliphatic carbocycles. The zero-order valence-corrected chi connectivity index (χ0v) is 13.6. The number of carbonyl (C=O) groups excluding carboxylic acids is 1. The number of nitrogens with one attached hydrogen (secondary N) is 1. The molecule has 23 heavy (non-hydrogen) atoms. The average molecular weight is 315 g/mol. The van der Waals surface area contributed by atoms with Gasteiger partial charge in [-0.3, -0.25) is 4.79 Å². The minimum absolute atomic E-state index is 0.107. The molecular formula is C18H21NO4. The summed E-state index contributed by atoms with van der Waals surface area (Å²) in [5.41, 5.74) is 1.55. The number of rotatable bonds is 7. The summed E-state index contributed by atoms with van der Waals surface area (Å²) in [4.78, 5) is 12.2. The Morgan fingerprint density at radius 3 is 2.57 bits per heavy atom. The van der Waals surface area contributed by atoms with Crippen molar-refractivity contribution < 1.29 is 19.0 Å². The van der Waals surface area contributed by atoms with Crippen molar-refractivity contribution in [3.63, 3.8) is 0 Å². The van der Waals surface area contributed by atoms with E-state index in [1.807, 2.05) is 31.2 Å². The number of anilines is 1. The summed E-state index contributed by atoms with van der Waals surface area (Å²) in [6.45, 7) is 2.46. The Morgan fingerprint density at radius 2 is 1.87 bits per heavy atom. The van der Waals surface area contributed by atoms with Crippen molar-refractivity contribution in [2.75, 3.05) is 26.1 Å². The molecule has 0 saturated heterocycles. The first kappa shape index (κ1) is 16.7. The minimum atomic E-state index is -0.107. The molecule has 0 aliphatic rings. The first-order valence-corrected chi connectivity index (χ1v) is 7.40. The summed E-state index contributed by atoms with van der Waals surface area (Å²) in [5, 5.41) is 2.86. The Bertz CT molecular complexity index is 670. The molecule has 0 spiro atoms. The molecule has 2 aromatic rings. The van der Waals surface area contributed by atoms with Gasteiger partial charge in [0.2, 0.25) is 5.91 Å². The Kier molecular flexibility index (Phi) is 5.86. The fraction of sp³-hybridized carbons (Fsp3) is 0.278. The molecule has 0 bridgehead atoms. The van der Waals surface area contributed by atoms with Gasteiger partial charge in [0.25, 0.3) is 0 Å². The average Bonchev–Trinajstić information content (AvgIpc) is 2.56. The minimum Gasteiger partial charge on any atom is -0.497 e. The molecule has 2 aromatic carbocycles. The predicted molar refractivity (Wildman–Crippen MR) is 89.5 cm³/mol. The maximum atomic E-state index is 12.2. The van der Waals surface area contributed by atoms with E-state index in [0.717, 1.165) is 11.3 Å². The maximum absolute atomic E-state index is 12.2. The van der Waals surface area contributed by atoms with Gasteiger partial charge >= 0.3 is 0 Å². The summed E-state index contributed by atoms with van der Waals surface area (Å²) >= 11 is 0. The third-order valence-electron chi connectivity index (χ3n) is 3.25. The van der Waals surface area contributed by atoms with E-state index in [9.17, 15) is 4.79 Å². The van der Waals surface area contributed by atoms with E-state index in [2.05, 4.69) is 5.32 Å². The van der Waals surface area contributed by atoms with Crippen LogP contribution in [0.5, 0.6) is 17.2 Å². The topological polar surface area (TPSA) is 56.8 Å². The largest absolute Gasteiger partial charge is 0.497 e. The van der Waals surface area contributed by atoms with Crippen LogP contribution >= 0.6 is 0 Å². The molecule has 122 valence electrons. The molecule has 0 aliphatic heterocycles. The van der Waals surface area contributed by atoms with E-state index in [-0.39, 0.29) is 12.3 Å². The van der Waals surface area contributed by atoms with Gasteiger partial charge in [-0.05, 0) is 36.8 Å². The van der Waals surface area contributed by atoms with Crippen LogP contribution in [0.15, 0.2) is 42.5 Å². The van der Waals surface area contributed by atoms with Gasteiger partial charge in [0, 0.05) is 11.8 Å². The van der Waals surface area contributed by atoms with Gasteiger partial charge < -0.3 is 19.5 Å². The van der Waals surface area contributed by atoms with E-state index in [1.54, 1.807) is 32.4 Å². The smallest absolute Gasteiger partial charge is 0.228 e. The van der Waals surface area contributed by atoms with Gasteiger partial charge in [-0.25, -0.2) is 0 Å². The molecule has 0 heterocycles. The number of ether oxygens (including phenoxy) is 3. The first-order valence-electron chi connectivity index (χ1n) is 7.40. The van der Waals surface area contributed by atoms with E-state index >= 15 is 0 Å². The Hall–Kier alpha value is -2.69. The van der Waals surface area contributed by atoms with Gasteiger partial charge in [0.1, 0.15) is 5.75 Å². The van der Waals surface area contributed by atoms with Crippen LogP contribution in [0, 0.1) is 0 Å². The Balaban J connectivity index is 2.04. The number of carbonyl (C=O) groups is 1. The molecule has 0 unspecified atom stereocenters. The summed E-state index contributed by atoms with van der Waals surface area (Å²) in [6, 6.07) is 12.8. The predicted octanol–water partition coefficient (Wildman–Crippen LogP) is 3.28. The SMILES string of the molecule is CCOc1ccc(NC(=O)Cc2cccc(OC)c2)cc1OC. The number of methoxy groups -OCH3 is 2. The van der Waals surface area contributed by atoms with Gasteiger partial charge in [0.15, 0.2) is 11.5 Å². The lowest BCUT2D eigenvalue weighted by Crippen LogP contribution is -2.14. The molecule has 0 fully saturated rings. The molecule has 0 saturated carbocycles. The zero-order chi connectivity index (χ0) is 16.7. The maximum Gasteiger partial charge on any atom is 0.228 e. The zero-order valence-electron chi connectivity index (χ0n) is 13.6. The van der Waals surface area contributed by atoms with Crippen LogP contribution in [-0.4, -0.2) is 26.7 Å². The standard InChI is InChI=1S/C18H21NO4/c1-4-23-16-9-8-14(12-17(16)22-3)19-18(20)11-13-6-5-7-15(10-13)21-2/h5-10,12H,4,11H2,1-3H3,(H,19,20). The third-order valence-corrected chi connectivity index (χ3v) is 3.25. The molecule has 0 aromatic heterocycles. The first-order chi connectivity index (χ1) is 11.2. The number of hydrogen-bond donors (Lipinski definition) is 1. The lowest BCUT2D eigenvalue weighted by atomic mass is 10.1. The van der Waals surface area contributed by atoms with Crippen molar-refractivity contribution in [1.82, 2.24) is 0 Å². The summed E-state index contributed by atoms with van der Waals surface area (Å²) < 4.78 is 15.9. The molecule has 5 nitrogen and oxygen atoms in total. The molecule has 1 amide bonds. The highest BCUT2D eigenvalue weighted by Gasteiger charge is 2.09. The van der Waals surface area contributed by atoms with Crippen LogP contribution in [-0.2, 0) is 11.2 Å². The van der Waals surface area contributed by atoms with E-state index in [0.29, 0.717) is 23.8 Å². The Morgan fingerprint density at radius 1 is 1.04 bits per heavy atom. The molecule has 5 heteroatoms. The second-order valence-corrected chi connectivity index (χ2v) is 4.88. The van der Waals surface area contributed by atoms with E-state index in [4.69, 9.17) is 14.2 Å². The van der Waals surface area contributed by atoms with Gasteiger partial charge in [0.05, 0.1) is 27.2 Å². The third kappa shape index (κ3) is 4.64. The lowest BCUT2D eigenvalue weighted by molar-refractivity contribution is -0.115. The van der Waals surface area contributed by atoms with Crippen molar-refractivity contribution in [2.24, 2.45) is 0 Å². The molecule has 0 radical (unpaired) electrons. The number of hydrogen-bond acceptors (Lipinski definition) is 4. The van der Waals surface area contributed by atoms with Crippen molar-refractivity contribution in [3.05, 3.63) is 48.0 Å². The highest BCUT2D eigenvalue weighted by atomic mass is 16.5. The lowest BCUT2D eigenvalue weighted by Gasteiger charge is -2.12. The van der Waals surface area contributed by atoms with Gasteiger partial charge in [-0.1, -0.05) is 12.1 Å². The van der Waals surface area contributed by atoms with Crippen LogP contribution in [0.4, 0.5) is 5.69 Å². The van der Waals surface area contributed by atoms with E-state index in [1.165, 1.54) is 0 Å². The van der Waals surface area contributed by atoms with Crippen molar-refractivity contribution in [1.29, 1.82) is 0 Å². The fourth-order valence-corrected chi connectivity index (χ4v) is 2.19. The highest BCUT2D eigenvalue weighted by molar-refractivity contribution is 5.92. The summed E-state index contributed by atoms with van der Waals surface area (Å²) in [5.74, 6) is 1.87. The number of amides is 1. The molecular weight excluding hydrogens is 294 g/mol. The monoisotopic (exact) mass is 315 g/mol. The fourth-order valence-electron chi connectivity index (χ4n) is 2.19. The van der Waals surface area contributed by atoms with Crippen LogP contribution in [0.1, 0.15) is 12.5 Å². The van der Waals surface area contributed by atoms with Crippen molar-refractivity contribution in [3.8, 4) is 17.2 Å². The van der Waals surface area contributed by atoms with Crippen molar-refractivity contribution >= 4 is 11.6 Å². The molecule has 0 atom stereocenters. The number of benzene rings is 2. The van der Waals surface area contributed by atoms with Crippen LogP contribution in [0.25, 0.3) is 0 Å². The molecule has 2 rings (SSSR count). The van der Waals surface area contributed by atoms with Gasteiger partial charge in [-0.15, -0.1) is 0 Å². The van der Waals surface area contributed by atoms with Crippen LogP contribution in [0.3, 0.4) is 0 Å². The second-order valence-electron chi connectivity index (χ2n) is 4.88. The molecule has 1 N–H and O–H groups in total. The van der Waals surface area contributed by atoms with Crippen LogP contribution < -0.4 is 19.5 Å². The van der Waals surface area contributed by atoms with Gasteiger partial charge in [-0.2, -0.15) is 0 Å². The summed E-state index contributed by atoms with van der Waals surface area (Å²) in [6.07, 6.45) is 0.271. The van der Waals surface area contributed by atoms with E-state index < -0.39 is 0 Å². The van der Waals surface area contributed by atoms with Crippen LogP contribution in [0.2, 0.25) is 0 Å². The Labute approximate surface area is 136 Å². The second kappa shape index (κ2) is 8.08.